The van der Waals surface area contributed by atoms with Crippen molar-refractivity contribution in [2.45, 2.75) is 45.8 Å². The van der Waals surface area contributed by atoms with Crippen LogP contribution in [-0.2, 0) is 0 Å². The summed E-state index contributed by atoms with van der Waals surface area (Å²) < 4.78 is 0. The van der Waals surface area contributed by atoms with Gasteiger partial charge in [-0.15, -0.1) is 0 Å². The minimum atomic E-state index is -0.807. The van der Waals surface area contributed by atoms with Crippen molar-refractivity contribution < 1.29 is 10.2 Å². The van der Waals surface area contributed by atoms with Crippen molar-refractivity contribution in [1.82, 2.24) is 0 Å². The smallest absolute Gasteiger partial charge is 0.0644 e. The maximum Gasteiger partial charge on any atom is 0.0644 e. The third-order valence-corrected chi connectivity index (χ3v) is 2.12. The normalized spacial score (nSPS) is 14.4. The van der Waals surface area contributed by atoms with Crippen molar-refractivity contribution >= 4 is 0 Å². The van der Waals surface area contributed by atoms with Crippen LogP contribution in [-0.4, -0.2) is 21.4 Å². The fraction of sp³-hybridized carbons (Fsp3) is 1.00. The van der Waals surface area contributed by atoms with E-state index in [0.717, 1.165) is 0 Å². The molecule has 0 aromatic rings. The lowest BCUT2D eigenvalue weighted by Crippen LogP contribution is -2.43. The van der Waals surface area contributed by atoms with E-state index in [2.05, 4.69) is 0 Å². The van der Waals surface area contributed by atoms with E-state index >= 15 is 0 Å². The van der Waals surface area contributed by atoms with Crippen molar-refractivity contribution in [2.75, 3.05) is 0 Å². The van der Waals surface area contributed by atoms with Crippen LogP contribution in [0.1, 0.15) is 34.6 Å². The van der Waals surface area contributed by atoms with Gasteiger partial charge in [0.25, 0.3) is 0 Å². The molecule has 0 spiro atoms. The molecule has 0 fully saturated rings. The van der Waals surface area contributed by atoms with Crippen LogP contribution < -0.4 is 0 Å². The summed E-state index contributed by atoms with van der Waals surface area (Å²) in [7, 11) is 0. The van der Waals surface area contributed by atoms with Gasteiger partial charge in [0.1, 0.15) is 0 Å². The molecule has 0 heterocycles. The molecule has 0 saturated heterocycles. The standard InChI is InChI=1S/C8H18O2/c1-6(7(2,3)9)8(4,5)10/h6,9-10H,1-5H3. The van der Waals surface area contributed by atoms with E-state index in [1.54, 1.807) is 27.7 Å². The topological polar surface area (TPSA) is 40.5 Å². The lowest BCUT2D eigenvalue weighted by atomic mass is 9.80. The second-order valence-electron chi connectivity index (χ2n) is 4.03. The van der Waals surface area contributed by atoms with Gasteiger partial charge in [0.2, 0.25) is 0 Å². The zero-order chi connectivity index (χ0) is 8.58. The molecule has 0 unspecified atom stereocenters. The molecule has 0 aliphatic heterocycles. The van der Waals surface area contributed by atoms with E-state index in [1.807, 2.05) is 6.92 Å². The van der Waals surface area contributed by atoms with Crippen LogP contribution in [0.3, 0.4) is 0 Å². The number of hydrogen-bond donors (Lipinski definition) is 2. The third kappa shape index (κ3) is 2.67. The summed E-state index contributed by atoms with van der Waals surface area (Å²) in [5.74, 6) is -0.125. The van der Waals surface area contributed by atoms with Gasteiger partial charge in [-0.3, -0.25) is 0 Å². The molecule has 0 bridgehead atoms. The fourth-order valence-corrected chi connectivity index (χ4v) is 0.864. The lowest BCUT2D eigenvalue weighted by Gasteiger charge is -2.35. The van der Waals surface area contributed by atoms with Crippen molar-refractivity contribution in [3.05, 3.63) is 0 Å². The van der Waals surface area contributed by atoms with Crippen LogP contribution in [0.25, 0.3) is 0 Å². The maximum absolute atomic E-state index is 9.46. The molecular weight excluding hydrogens is 128 g/mol. The molecular formula is C8H18O2. The van der Waals surface area contributed by atoms with Crippen molar-refractivity contribution in [1.29, 1.82) is 0 Å². The van der Waals surface area contributed by atoms with Crippen LogP contribution in [0.2, 0.25) is 0 Å². The van der Waals surface area contributed by atoms with Gasteiger partial charge in [-0.1, -0.05) is 6.92 Å². The molecule has 62 valence electrons. The van der Waals surface area contributed by atoms with Gasteiger partial charge < -0.3 is 10.2 Å². The Morgan fingerprint density at radius 2 is 1.10 bits per heavy atom. The predicted molar refractivity (Wildman–Crippen MR) is 41.8 cm³/mol. The first-order chi connectivity index (χ1) is 4.15. The van der Waals surface area contributed by atoms with Gasteiger partial charge in [0.05, 0.1) is 11.2 Å². The Hall–Kier alpha value is -0.0800. The molecule has 0 rings (SSSR count). The van der Waals surface area contributed by atoms with Gasteiger partial charge in [-0.2, -0.15) is 0 Å². The molecule has 2 heteroatoms. The highest BCUT2D eigenvalue weighted by Crippen LogP contribution is 2.26. The third-order valence-electron chi connectivity index (χ3n) is 2.12. The minimum Gasteiger partial charge on any atom is -0.390 e. The van der Waals surface area contributed by atoms with Gasteiger partial charge >= 0.3 is 0 Å². The van der Waals surface area contributed by atoms with Gasteiger partial charge in [-0.25, -0.2) is 0 Å². The minimum absolute atomic E-state index is 0.125. The Balaban J connectivity index is 4.23. The molecule has 10 heavy (non-hydrogen) atoms. The van der Waals surface area contributed by atoms with E-state index in [4.69, 9.17) is 0 Å². The summed E-state index contributed by atoms with van der Waals surface area (Å²) >= 11 is 0. The highest BCUT2D eigenvalue weighted by Gasteiger charge is 2.34. The average molecular weight is 146 g/mol. The van der Waals surface area contributed by atoms with Crippen LogP contribution in [0.5, 0.6) is 0 Å². The summed E-state index contributed by atoms with van der Waals surface area (Å²) in [5, 5.41) is 18.9. The van der Waals surface area contributed by atoms with E-state index in [0.29, 0.717) is 0 Å². The first-order valence-corrected chi connectivity index (χ1v) is 3.60. The first-order valence-electron chi connectivity index (χ1n) is 3.60. The summed E-state index contributed by atoms with van der Waals surface area (Å²) in [6, 6.07) is 0. The Bertz CT molecular complexity index is 91.4. The molecule has 0 atom stereocenters. The van der Waals surface area contributed by atoms with Crippen LogP contribution in [0.15, 0.2) is 0 Å². The molecule has 0 aromatic heterocycles. The molecule has 0 radical (unpaired) electrons. The van der Waals surface area contributed by atoms with Crippen LogP contribution >= 0.6 is 0 Å². The molecule has 0 aliphatic rings. The monoisotopic (exact) mass is 146 g/mol. The maximum atomic E-state index is 9.46. The fourth-order valence-electron chi connectivity index (χ4n) is 0.864. The summed E-state index contributed by atoms with van der Waals surface area (Å²) in [6.45, 7) is 8.65. The highest BCUT2D eigenvalue weighted by atomic mass is 16.3. The van der Waals surface area contributed by atoms with E-state index in [9.17, 15) is 10.2 Å². The van der Waals surface area contributed by atoms with Crippen molar-refractivity contribution in [3.8, 4) is 0 Å². The quantitative estimate of drug-likeness (QED) is 0.614. The van der Waals surface area contributed by atoms with Gasteiger partial charge in [0, 0.05) is 5.92 Å². The molecule has 0 saturated carbocycles. The van der Waals surface area contributed by atoms with Gasteiger partial charge in [-0.05, 0) is 27.7 Å². The first kappa shape index (κ1) is 9.92. The second-order valence-corrected chi connectivity index (χ2v) is 4.03. The van der Waals surface area contributed by atoms with Crippen molar-refractivity contribution in [3.63, 3.8) is 0 Å². The summed E-state index contributed by atoms with van der Waals surface area (Å²) in [4.78, 5) is 0. The number of aliphatic hydroxyl groups is 2. The summed E-state index contributed by atoms with van der Waals surface area (Å²) in [6.07, 6.45) is 0. The van der Waals surface area contributed by atoms with Crippen LogP contribution in [0.4, 0.5) is 0 Å². The van der Waals surface area contributed by atoms with Crippen LogP contribution in [0, 0.1) is 5.92 Å². The lowest BCUT2D eigenvalue weighted by molar-refractivity contribution is -0.0816. The zero-order valence-corrected chi connectivity index (χ0v) is 7.47. The van der Waals surface area contributed by atoms with E-state index in [1.165, 1.54) is 0 Å². The second kappa shape index (κ2) is 2.51. The molecule has 0 aliphatic carbocycles. The average Bonchev–Trinajstić information content (AvgIpc) is 1.59. The Morgan fingerprint density at radius 3 is 1.10 bits per heavy atom. The highest BCUT2D eigenvalue weighted by molar-refractivity contribution is 4.85. The Kier molecular flexibility index (Phi) is 2.49. The Morgan fingerprint density at radius 1 is 0.900 bits per heavy atom. The zero-order valence-electron chi connectivity index (χ0n) is 7.47. The van der Waals surface area contributed by atoms with Gasteiger partial charge in [0.15, 0.2) is 0 Å². The van der Waals surface area contributed by atoms with E-state index < -0.39 is 11.2 Å². The molecule has 2 N–H and O–H groups in total. The van der Waals surface area contributed by atoms with Crippen molar-refractivity contribution in [2.24, 2.45) is 5.92 Å². The number of hydrogen-bond acceptors (Lipinski definition) is 2. The van der Waals surface area contributed by atoms with E-state index in [-0.39, 0.29) is 5.92 Å². The SMILES string of the molecule is CC(C(C)(C)O)C(C)(C)O. The Labute approximate surface area is 62.9 Å². The molecule has 0 amide bonds. The summed E-state index contributed by atoms with van der Waals surface area (Å²) in [5.41, 5.74) is -1.61. The largest absolute Gasteiger partial charge is 0.390 e. The molecule has 0 aromatic carbocycles. The predicted octanol–water partition coefficient (Wildman–Crippen LogP) is 1.16. The molecule has 2 nitrogen and oxygen atoms in total. The number of rotatable bonds is 2.